The summed E-state index contributed by atoms with van der Waals surface area (Å²) in [5, 5.41) is 4.50. The highest BCUT2D eigenvalue weighted by atomic mass is 35.5. The number of benzene rings is 1. The minimum atomic E-state index is 0.569. The molecule has 5 heteroatoms. The molecule has 0 unspecified atom stereocenters. The average molecular weight is 303 g/mol. The molecule has 0 aliphatic carbocycles. The van der Waals surface area contributed by atoms with E-state index in [1.54, 1.807) is 12.1 Å². The van der Waals surface area contributed by atoms with Gasteiger partial charge in [-0.05, 0) is 31.2 Å². The van der Waals surface area contributed by atoms with Crippen LogP contribution in [0.3, 0.4) is 0 Å². The zero-order valence-corrected chi connectivity index (χ0v) is 12.7. The Morgan fingerprint density at radius 3 is 2.68 bits per heavy atom. The minimum absolute atomic E-state index is 0.569. The predicted octanol–water partition coefficient (Wildman–Crippen LogP) is 3.06. The SMILES string of the molecule is CCCN(CCOc1ccc(Cl)cc1Cl)C1CNC1. The second-order valence-electron chi connectivity index (χ2n) is 4.77. The maximum absolute atomic E-state index is 6.07. The zero-order chi connectivity index (χ0) is 13.7. The van der Waals surface area contributed by atoms with Crippen molar-refractivity contribution in [1.82, 2.24) is 10.2 Å². The van der Waals surface area contributed by atoms with Gasteiger partial charge in [0.2, 0.25) is 0 Å². The molecular formula is C14H20Cl2N2O. The van der Waals surface area contributed by atoms with E-state index in [4.69, 9.17) is 27.9 Å². The number of halogens is 2. The summed E-state index contributed by atoms with van der Waals surface area (Å²) in [6, 6.07) is 5.98. The van der Waals surface area contributed by atoms with E-state index in [-0.39, 0.29) is 0 Å². The van der Waals surface area contributed by atoms with Crippen LogP contribution in [0.25, 0.3) is 0 Å². The summed E-state index contributed by atoms with van der Waals surface area (Å²) in [5.41, 5.74) is 0. The largest absolute Gasteiger partial charge is 0.491 e. The molecule has 3 nitrogen and oxygen atoms in total. The first-order chi connectivity index (χ1) is 9.20. The molecule has 19 heavy (non-hydrogen) atoms. The Labute approximate surface area is 124 Å². The fraction of sp³-hybridized carbons (Fsp3) is 0.571. The molecular weight excluding hydrogens is 283 g/mol. The van der Waals surface area contributed by atoms with E-state index in [1.165, 1.54) is 0 Å². The van der Waals surface area contributed by atoms with Crippen LogP contribution in [0.15, 0.2) is 18.2 Å². The standard InChI is InChI=1S/C14H20Cl2N2O/c1-2-5-18(12-9-17-10-12)6-7-19-14-4-3-11(15)8-13(14)16/h3-4,8,12,17H,2,5-7,9-10H2,1H3. The summed E-state index contributed by atoms with van der Waals surface area (Å²) in [6.45, 7) is 7.07. The van der Waals surface area contributed by atoms with Gasteiger partial charge in [0.1, 0.15) is 12.4 Å². The summed E-state index contributed by atoms with van der Waals surface area (Å²) in [5.74, 6) is 0.703. The van der Waals surface area contributed by atoms with E-state index >= 15 is 0 Å². The van der Waals surface area contributed by atoms with E-state index in [9.17, 15) is 0 Å². The van der Waals surface area contributed by atoms with Crippen molar-refractivity contribution in [1.29, 1.82) is 0 Å². The Balaban J connectivity index is 1.80. The number of ether oxygens (including phenoxy) is 1. The number of hydrogen-bond acceptors (Lipinski definition) is 3. The fourth-order valence-electron chi connectivity index (χ4n) is 2.16. The van der Waals surface area contributed by atoms with Crippen LogP contribution < -0.4 is 10.1 Å². The Hall–Kier alpha value is -0.480. The number of rotatable bonds is 7. The van der Waals surface area contributed by atoms with Crippen molar-refractivity contribution in [3.63, 3.8) is 0 Å². The number of hydrogen-bond donors (Lipinski definition) is 1. The molecule has 1 aromatic rings. The van der Waals surface area contributed by atoms with Gasteiger partial charge < -0.3 is 10.1 Å². The van der Waals surface area contributed by atoms with Gasteiger partial charge in [-0.2, -0.15) is 0 Å². The Morgan fingerprint density at radius 2 is 2.11 bits per heavy atom. The Morgan fingerprint density at radius 1 is 1.32 bits per heavy atom. The van der Waals surface area contributed by atoms with E-state index in [2.05, 4.69) is 17.1 Å². The third-order valence-corrected chi connectivity index (χ3v) is 3.85. The highest BCUT2D eigenvalue weighted by Gasteiger charge is 2.23. The van der Waals surface area contributed by atoms with Crippen molar-refractivity contribution in [3.05, 3.63) is 28.2 Å². The van der Waals surface area contributed by atoms with Crippen molar-refractivity contribution in [2.45, 2.75) is 19.4 Å². The van der Waals surface area contributed by atoms with E-state index in [0.717, 1.165) is 32.6 Å². The van der Waals surface area contributed by atoms with Crippen LogP contribution in [0.1, 0.15) is 13.3 Å². The van der Waals surface area contributed by atoms with E-state index in [0.29, 0.717) is 28.4 Å². The molecule has 0 atom stereocenters. The monoisotopic (exact) mass is 302 g/mol. The van der Waals surface area contributed by atoms with E-state index < -0.39 is 0 Å². The van der Waals surface area contributed by atoms with Crippen molar-refractivity contribution < 1.29 is 4.74 Å². The molecule has 0 saturated carbocycles. The number of nitrogens with one attached hydrogen (secondary N) is 1. The Kier molecular flexibility index (Phi) is 5.76. The van der Waals surface area contributed by atoms with Gasteiger partial charge in [0.05, 0.1) is 5.02 Å². The lowest BCUT2D eigenvalue weighted by molar-refractivity contribution is 0.122. The molecule has 1 fully saturated rings. The molecule has 0 aromatic heterocycles. The van der Waals surface area contributed by atoms with Crippen LogP contribution in [0.4, 0.5) is 0 Å². The smallest absolute Gasteiger partial charge is 0.138 e. The quantitative estimate of drug-likeness (QED) is 0.838. The summed E-state index contributed by atoms with van der Waals surface area (Å²) >= 11 is 11.9. The normalized spacial score (nSPS) is 15.6. The third kappa shape index (κ3) is 4.25. The topological polar surface area (TPSA) is 24.5 Å². The Bertz CT molecular complexity index is 410. The van der Waals surface area contributed by atoms with Crippen molar-refractivity contribution in [3.8, 4) is 5.75 Å². The second-order valence-corrected chi connectivity index (χ2v) is 5.61. The van der Waals surface area contributed by atoms with Crippen molar-refractivity contribution in [2.75, 3.05) is 32.8 Å². The van der Waals surface area contributed by atoms with Crippen LogP contribution >= 0.6 is 23.2 Å². The highest BCUT2D eigenvalue weighted by Crippen LogP contribution is 2.27. The molecule has 0 amide bonds. The maximum Gasteiger partial charge on any atom is 0.138 e. The second kappa shape index (κ2) is 7.34. The van der Waals surface area contributed by atoms with Crippen LogP contribution in [-0.4, -0.2) is 43.7 Å². The van der Waals surface area contributed by atoms with Crippen LogP contribution in [0.5, 0.6) is 5.75 Å². The summed E-state index contributed by atoms with van der Waals surface area (Å²) in [7, 11) is 0. The first kappa shape index (κ1) is 14.9. The van der Waals surface area contributed by atoms with Gasteiger partial charge in [-0.1, -0.05) is 30.1 Å². The summed E-state index contributed by atoms with van der Waals surface area (Å²) < 4.78 is 5.73. The molecule has 106 valence electrons. The fourth-order valence-corrected chi connectivity index (χ4v) is 2.62. The summed E-state index contributed by atoms with van der Waals surface area (Å²) in [4.78, 5) is 2.47. The molecule has 1 saturated heterocycles. The molecule has 2 rings (SSSR count). The van der Waals surface area contributed by atoms with Crippen LogP contribution in [-0.2, 0) is 0 Å². The molecule has 0 spiro atoms. The highest BCUT2D eigenvalue weighted by molar-refractivity contribution is 6.35. The van der Waals surface area contributed by atoms with Gasteiger partial charge in [-0.3, -0.25) is 4.90 Å². The first-order valence-electron chi connectivity index (χ1n) is 6.73. The molecule has 1 heterocycles. The van der Waals surface area contributed by atoms with Gasteiger partial charge in [0.25, 0.3) is 0 Å². The lowest BCUT2D eigenvalue weighted by Gasteiger charge is -2.38. The van der Waals surface area contributed by atoms with Gasteiger partial charge >= 0.3 is 0 Å². The van der Waals surface area contributed by atoms with Gasteiger partial charge in [0, 0.05) is 30.7 Å². The van der Waals surface area contributed by atoms with Crippen molar-refractivity contribution >= 4 is 23.2 Å². The van der Waals surface area contributed by atoms with E-state index in [1.807, 2.05) is 6.07 Å². The summed E-state index contributed by atoms with van der Waals surface area (Å²) in [6.07, 6.45) is 1.16. The lowest BCUT2D eigenvalue weighted by Crippen LogP contribution is -2.58. The first-order valence-corrected chi connectivity index (χ1v) is 7.49. The lowest BCUT2D eigenvalue weighted by atomic mass is 10.1. The third-order valence-electron chi connectivity index (χ3n) is 3.32. The molecule has 0 bridgehead atoms. The maximum atomic E-state index is 6.07. The van der Waals surface area contributed by atoms with Crippen LogP contribution in [0, 0.1) is 0 Å². The predicted molar refractivity (Wildman–Crippen MR) is 80.5 cm³/mol. The molecule has 1 aliphatic rings. The zero-order valence-electron chi connectivity index (χ0n) is 11.2. The average Bonchev–Trinajstić information content (AvgIpc) is 2.30. The molecule has 1 N–H and O–H groups in total. The van der Waals surface area contributed by atoms with Crippen LogP contribution in [0.2, 0.25) is 10.0 Å². The van der Waals surface area contributed by atoms with Gasteiger partial charge in [-0.25, -0.2) is 0 Å². The van der Waals surface area contributed by atoms with Gasteiger partial charge in [-0.15, -0.1) is 0 Å². The molecule has 1 aliphatic heterocycles. The van der Waals surface area contributed by atoms with Crippen molar-refractivity contribution in [2.24, 2.45) is 0 Å². The molecule has 1 aromatic carbocycles. The van der Waals surface area contributed by atoms with Gasteiger partial charge in [0.15, 0.2) is 0 Å². The minimum Gasteiger partial charge on any atom is -0.491 e. The molecule has 0 radical (unpaired) electrons. The number of nitrogens with zero attached hydrogens (tertiary/aromatic N) is 1.